The Morgan fingerprint density at radius 2 is 2.00 bits per heavy atom. The third kappa shape index (κ3) is 3.62. The Morgan fingerprint density at radius 3 is 2.72 bits per heavy atom. The fourth-order valence-electron chi connectivity index (χ4n) is 3.09. The van der Waals surface area contributed by atoms with Gasteiger partial charge in [0.2, 0.25) is 0 Å². The van der Waals surface area contributed by atoms with Crippen molar-refractivity contribution in [3.05, 3.63) is 71.4 Å². The van der Waals surface area contributed by atoms with Gasteiger partial charge >= 0.3 is 0 Å². The summed E-state index contributed by atoms with van der Waals surface area (Å²) in [5, 5.41) is 8.08. The van der Waals surface area contributed by atoms with Crippen molar-refractivity contribution in [2.45, 2.75) is 13.0 Å². The highest BCUT2D eigenvalue weighted by Crippen LogP contribution is 2.26. The predicted octanol–water partition coefficient (Wildman–Crippen LogP) is 3.81. The summed E-state index contributed by atoms with van der Waals surface area (Å²) in [6, 6.07) is 7.83. The number of halogens is 1. The van der Waals surface area contributed by atoms with E-state index >= 15 is 0 Å². The maximum Gasteiger partial charge on any atom is 0.0842 e. The van der Waals surface area contributed by atoms with E-state index < -0.39 is 0 Å². The number of hydrogen-bond acceptors (Lipinski definition) is 4. The molecule has 5 nitrogen and oxygen atoms in total. The van der Waals surface area contributed by atoms with E-state index in [0.717, 1.165) is 48.0 Å². The van der Waals surface area contributed by atoms with Crippen LogP contribution >= 0.6 is 11.6 Å². The van der Waals surface area contributed by atoms with Gasteiger partial charge in [0.15, 0.2) is 0 Å². The van der Waals surface area contributed by atoms with Gasteiger partial charge in [-0.25, -0.2) is 0 Å². The molecule has 3 aromatic rings. The summed E-state index contributed by atoms with van der Waals surface area (Å²) in [6.07, 6.45) is 10.4. The fourth-order valence-corrected chi connectivity index (χ4v) is 3.22. The van der Waals surface area contributed by atoms with Gasteiger partial charge in [0.05, 0.1) is 23.8 Å². The molecule has 0 unspecified atom stereocenters. The van der Waals surface area contributed by atoms with Crippen LogP contribution in [0, 0.1) is 0 Å². The molecular weight excluding hydrogens is 334 g/mol. The zero-order valence-electron chi connectivity index (χ0n) is 13.7. The molecular formula is C19H18ClN5. The summed E-state index contributed by atoms with van der Waals surface area (Å²) in [5.74, 6) is 0. The van der Waals surface area contributed by atoms with E-state index in [9.17, 15) is 0 Å². The van der Waals surface area contributed by atoms with Crippen LogP contribution < -0.4 is 0 Å². The van der Waals surface area contributed by atoms with Gasteiger partial charge in [-0.05, 0) is 29.7 Å². The lowest BCUT2D eigenvalue weighted by molar-refractivity contribution is 0.294. The van der Waals surface area contributed by atoms with Crippen molar-refractivity contribution in [1.82, 2.24) is 25.1 Å². The van der Waals surface area contributed by atoms with Crippen molar-refractivity contribution in [2.75, 3.05) is 13.1 Å². The largest absolute Gasteiger partial charge is 0.295 e. The van der Waals surface area contributed by atoms with Crippen LogP contribution in [0.25, 0.3) is 16.8 Å². The molecule has 0 radical (unpaired) electrons. The third-order valence-corrected chi connectivity index (χ3v) is 4.68. The van der Waals surface area contributed by atoms with Crippen LogP contribution in [0.1, 0.15) is 17.7 Å². The summed E-state index contributed by atoms with van der Waals surface area (Å²) in [4.78, 5) is 10.9. The normalized spacial score (nSPS) is 15.2. The SMILES string of the molecule is Clc1ccc(-c2[nH]ncc2CN2CC=C(c3cnccn3)CC2)cc1. The topological polar surface area (TPSA) is 57.7 Å². The number of benzene rings is 1. The van der Waals surface area contributed by atoms with Gasteiger partial charge < -0.3 is 0 Å². The number of aromatic amines is 1. The summed E-state index contributed by atoms with van der Waals surface area (Å²) in [5.41, 5.74) is 5.60. The number of hydrogen-bond donors (Lipinski definition) is 1. The molecule has 0 saturated carbocycles. The summed E-state index contributed by atoms with van der Waals surface area (Å²) >= 11 is 5.98. The van der Waals surface area contributed by atoms with Gasteiger partial charge in [-0.1, -0.05) is 29.8 Å². The zero-order valence-corrected chi connectivity index (χ0v) is 14.4. The first kappa shape index (κ1) is 16.0. The predicted molar refractivity (Wildman–Crippen MR) is 98.9 cm³/mol. The van der Waals surface area contributed by atoms with Crippen LogP contribution in [-0.2, 0) is 6.54 Å². The average molecular weight is 352 g/mol. The van der Waals surface area contributed by atoms with Crippen LogP contribution in [0.2, 0.25) is 5.02 Å². The van der Waals surface area contributed by atoms with Crippen molar-refractivity contribution in [1.29, 1.82) is 0 Å². The van der Waals surface area contributed by atoms with E-state index in [0.29, 0.717) is 0 Å². The summed E-state index contributed by atoms with van der Waals surface area (Å²) in [7, 11) is 0. The molecule has 4 rings (SSSR count). The Kier molecular flexibility index (Phi) is 4.59. The van der Waals surface area contributed by atoms with Crippen LogP contribution in [0.15, 0.2) is 55.1 Å². The maximum absolute atomic E-state index is 5.98. The minimum atomic E-state index is 0.738. The number of H-pyrrole nitrogens is 1. The lowest BCUT2D eigenvalue weighted by atomic mass is 10.0. The van der Waals surface area contributed by atoms with Gasteiger partial charge in [0.25, 0.3) is 0 Å². The second-order valence-electron chi connectivity index (χ2n) is 6.08. The van der Waals surface area contributed by atoms with Crippen LogP contribution in [0.3, 0.4) is 0 Å². The van der Waals surface area contributed by atoms with E-state index in [4.69, 9.17) is 11.6 Å². The van der Waals surface area contributed by atoms with E-state index in [2.05, 4.69) is 31.1 Å². The molecule has 1 aromatic carbocycles. The number of rotatable bonds is 4. The van der Waals surface area contributed by atoms with Gasteiger partial charge in [-0.2, -0.15) is 5.10 Å². The molecule has 0 bridgehead atoms. The van der Waals surface area contributed by atoms with E-state index in [1.807, 2.05) is 36.7 Å². The number of aromatic nitrogens is 4. The van der Waals surface area contributed by atoms with Gasteiger partial charge in [0.1, 0.15) is 0 Å². The highest BCUT2D eigenvalue weighted by Gasteiger charge is 2.16. The van der Waals surface area contributed by atoms with Crippen molar-refractivity contribution < 1.29 is 0 Å². The Hall–Kier alpha value is -2.50. The first-order valence-corrected chi connectivity index (χ1v) is 8.63. The van der Waals surface area contributed by atoms with Crippen LogP contribution in [-0.4, -0.2) is 38.2 Å². The quantitative estimate of drug-likeness (QED) is 0.776. The van der Waals surface area contributed by atoms with Crippen molar-refractivity contribution >= 4 is 17.2 Å². The Labute approximate surface area is 151 Å². The average Bonchev–Trinajstić information content (AvgIpc) is 3.12. The number of nitrogens with one attached hydrogen (secondary N) is 1. The van der Waals surface area contributed by atoms with E-state index in [1.165, 1.54) is 11.1 Å². The molecule has 2 aromatic heterocycles. The minimum Gasteiger partial charge on any atom is -0.295 e. The molecule has 0 spiro atoms. The smallest absolute Gasteiger partial charge is 0.0842 e. The second kappa shape index (κ2) is 7.17. The molecule has 25 heavy (non-hydrogen) atoms. The summed E-state index contributed by atoms with van der Waals surface area (Å²) in [6.45, 7) is 2.75. The molecule has 0 saturated heterocycles. The highest BCUT2D eigenvalue weighted by atomic mass is 35.5. The molecule has 126 valence electrons. The number of nitrogens with zero attached hydrogens (tertiary/aromatic N) is 4. The summed E-state index contributed by atoms with van der Waals surface area (Å²) < 4.78 is 0. The van der Waals surface area contributed by atoms with Crippen molar-refractivity contribution in [3.8, 4) is 11.3 Å². The van der Waals surface area contributed by atoms with Crippen molar-refractivity contribution in [3.63, 3.8) is 0 Å². The molecule has 3 heterocycles. The van der Waals surface area contributed by atoms with Crippen LogP contribution in [0.5, 0.6) is 0 Å². The standard InChI is InChI=1S/C19H18ClN5/c20-17-3-1-15(2-4-17)19-16(11-23-24-19)13-25-9-5-14(6-10-25)18-12-21-7-8-22-18/h1-5,7-8,11-12H,6,9-10,13H2,(H,23,24). The zero-order chi connectivity index (χ0) is 17.1. The Bertz CT molecular complexity index is 870. The monoisotopic (exact) mass is 351 g/mol. The minimum absolute atomic E-state index is 0.738. The second-order valence-corrected chi connectivity index (χ2v) is 6.52. The van der Waals surface area contributed by atoms with Gasteiger partial charge in [-0.3, -0.25) is 20.0 Å². The van der Waals surface area contributed by atoms with Crippen molar-refractivity contribution in [2.24, 2.45) is 0 Å². The molecule has 1 N–H and O–H groups in total. The molecule has 0 amide bonds. The van der Waals surface area contributed by atoms with Crippen LogP contribution in [0.4, 0.5) is 0 Å². The first-order valence-electron chi connectivity index (χ1n) is 8.25. The molecule has 0 fully saturated rings. The van der Waals surface area contributed by atoms with Gasteiger partial charge in [-0.15, -0.1) is 0 Å². The molecule has 0 aliphatic carbocycles. The van der Waals surface area contributed by atoms with E-state index in [-0.39, 0.29) is 0 Å². The fraction of sp³-hybridized carbons (Fsp3) is 0.211. The molecule has 6 heteroatoms. The first-order chi connectivity index (χ1) is 12.3. The Balaban J connectivity index is 1.47. The van der Waals surface area contributed by atoms with Gasteiger partial charge in [0, 0.05) is 42.6 Å². The lowest BCUT2D eigenvalue weighted by Crippen LogP contribution is -2.28. The molecule has 1 aliphatic rings. The Morgan fingerprint density at radius 1 is 1.12 bits per heavy atom. The lowest BCUT2D eigenvalue weighted by Gasteiger charge is -2.26. The highest BCUT2D eigenvalue weighted by molar-refractivity contribution is 6.30. The maximum atomic E-state index is 5.98. The third-order valence-electron chi connectivity index (χ3n) is 4.43. The molecule has 0 atom stereocenters. The molecule has 1 aliphatic heterocycles. The van der Waals surface area contributed by atoms with E-state index in [1.54, 1.807) is 12.4 Å².